The summed E-state index contributed by atoms with van der Waals surface area (Å²) in [5, 5.41) is 10.8. The fourth-order valence-electron chi connectivity index (χ4n) is 2.88. The van der Waals surface area contributed by atoms with Gasteiger partial charge >= 0.3 is 0 Å². The van der Waals surface area contributed by atoms with E-state index >= 15 is 0 Å². The molecule has 0 atom stereocenters. The molecule has 0 spiro atoms. The molecule has 0 N–H and O–H groups in total. The van der Waals surface area contributed by atoms with Gasteiger partial charge < -0.3 is 4.90 Å². The molecule has 26 heavy (non-hydrogen) atoms. The monoisotopic (exact) mass is 453 g/mol. The molecule has 3 aromatic heterocycles. The first kappa shape index (κ1) is 17.6. The molecule has 4 rings (SSSR count). The quantitative estimate of drug-likeness (QED) is 0.603. The lowest BCUT2D eigenvalue weighted by Crippen LogP contribution is -2.41. The Balaban J connectivity index is 1.74. The van der Waals surface area contributed by atoms with Crippen molar-refractivity contribution in [1.29, 1.82) is 0 Å². The van der Waals surface area contributed by atoms with Gasteiger partial charge in [0, 0.05) is 40.4 Å². The summed E-state index contributed by atoms with van der Waals surface area (Å²) in [5.74, 6) is 1.70. The van der Waals surface area contributed by atoms with Crippen molar-refractivity contribution >= 4 is 43.1 Å². The van der Waals surface area contributed by atoms with Crippen LogP contribution in [0.4, 0.5) is 5.95 Å². The number of pyridine rings is 1. The Kier molecular flexibility index (Phi) is 4.80. The average Bonchev–Trinajstić information content (AvgIpc) is 3.23. The van der Waals surface area contributed by atoms with E-state index in [4.69, 9.17) is 0 Å². The van der Waals surface area contributed by atoms with E-state index in [9.17, 15) is 8.42 Å². The highest BCUT2D eigenvalue weighted by atomic mass is 79.9. The maximum Gasteiger partial charge on any atom is 0.227 e. The number of sulfone groups is 1. The molecule has 7 nitrogen and oxygen atoms in total. The van der Waals surface area contributed by atoms with Gasteiger partial charge in [-0.2, -0.15) is 0 Å². The molecular weight excluding hydrogens is 438 g/mol. The Labute approximate surface area is 163 Å². The van der Waals surface area contributed by atoms with Crippen LogP contribution in [0.2, 0.25) is 0 Å². The molecule has 4 heterocycles. The molecule has 3 aromatic rings. The summed E-state index contributed by atoms with van der Waals surface area (Å²) in [4.78, 5) is 7.33. The van der Waals surface area contributed by atoms with Crippen LogP contribution in [0.3, 0.4) is 0 Å². The summed E-state index contributed by atoms with van der Waals surface area (Å²) in [6.45, 7) is 1.46. The number of aromatic nitrogens is 4. The van der Waals surface area contributed by atoms with E-state index in [2.05, 4.69) is 31.1 Å². The van der Waals surface area contributed by atoms with Gasteiger partial charge in [0.15, 0.2) is 15.7 Å². The highest BCUT2D eigenvalue weighted by Crippen LogP contribution is 2.29. The van der Waals surface area contributed by atoms with Gasteiger partial charge in [0.25, 0.3) is 0 Å². The first-order valence-electron chi connectivity index (χ1n) is 8.04. The van der Waals surface area contributed by atoms with E-state index in [0.29, 0.717) is 25.6 Å². The van der Waals surface area contributed by atoms with E-state index < -0.39 is 9.84 Å². The van der Waals surface area contributed by atoms with E-state index in [1.165, 1.54) is 0 Å². The average molecular weight is 454 g/mol. The summed E-state index contributed by atoms with van der Waals surface area (Å²) in [6.07, 6.45) is 3.48. The van der Waals surface area contributed by atoms with Crippen LogP contribution < -0.4 is 4.90 Å². The zero-order valence-electron chi connectivity index (χ0n) is 13.7. The minimum absolute atomic E-state index is 0.144. The molecule has 0 amide bonds. The fraction of sp³-hybridized carbons (Fsp3) is 0.312. The van der Waals surface area contributed by atoms with Gasteiger partial charge in [-0.15, -0.1) is 21.5 Å². The third-order valence-electron chi connectivity index (χ3n) is 4.27. The van der Waals surface area contributed by atoms with Gasteiger partial charge in [-0.3, -0.25) is 9.55 Å². The molecule has 1 saturated heterocycles. The number of anilines is 1. The lowest BCUT2D eigenvalue weighted by atomic mass is 10.2. The van der Waals surface area contributed by atoms with Crippen molar-refractivity contribution in [2.45, 2.75) is 6.54 Å². The van der Waals surface area contributed by atoms with Crippen LogP contribution in [0, 0.1) is 0 Å². The SMILES string of the molecule is O=S1(=O)CCN(c2nnc(-c3cccnc3)n2Cc2sccc2Br)CC1. The van der Waals surface area contributed by atoms with Crippen molar-refractivity contribution in [1.82, 2.24) is 19.7 Å². The number of halogens is 1. The summed E-state index contributed by atoms with van der Waals surface area (Å²) in [6, 6.07) is 5.82. The third kappa shape index (κ3) is 3.53. The smallest absolute Gasteiger partial charge is 0.227 e. The molecule has 0 saturated carbocycles. The zero-order chi connectivity index (χ0) is 18.1. The van der Waals surface area contributed by atoms with Gasteiger partial charge in [-0.05, 0) is 39.5 Å². The molecular formula is C16H16BrN5O2S2. The predicted molar refractivity (Wildman–Crippen MR) is 105 cm³/mol. The van der Waals surface area contributed by atoms with Crippen molar-refractivity contribution in [3.05, 3.63) is 45.3 Å². The minimum atomic E-state index is -2.95. The number of hydrogen-bond donors (Lipinski definition) is 0. The van der Waals surface area contributed by atoms with Crippen LogP contribution in [-0.4, -0.2) is 52.8 Å². The number of hydrogen-bond acceptors (Lipinski definition) is 7. The summed E-state index contributed by atoms with van der Waals surface area (Å²) in [5.41, 5.74) is 0.878. The predicted octanol–water partition coefficient (Wildman–Crippen LogP) is 2.45. The van der Waals surface area contributed by atoms with Crippen LogP contribution in [0.25, 0.3) is 11.4 Å². The van der Waals surface area contributed by atoms with Crippen LogP contribution in [0.15, 0.2) is 40.4 Å². The first-order valence-corrected chi connectivity index (χ1v) is 11.5. The van der Waals surface area contributed by atoms with Gasteiger partial charge in [0.1, 0.15) is 0 Å². The lowest BCUT2D eigenvalue weighted by molar-refractivity contribution is 0.584. The molecule has 0 unspecified atom stereocenters. The summed E-state index contributed by atoms with van der Waals surface area (Å²) >= 11 is 5.23. The largest absolute Gasteiger partial charge is 0.339 e. The van der Waals surface area contributed by atoms with Crippen molar-refractivity contribution in [3.8, 4) is 11.4 Å². The Hall–Kier alpha value is -1.78. The number of nitrogens with zero attached hydrogens (tertiary/aromatic N) is 5. The van der Waals surface area contributed by atoms with Crippen molar-refractivity contribution in [2.75, 3.05) is 29.5 Å². The normalized spacial score (nSPS) is 16.7. The minimum Gasteiger partial charge on any atom is -0.339 e. The Morgan fingerprint density at radius 1 is 1.19 bits per heavy atom. The standard InChI is InChI=1S/C16H16BrN5O2S2/c17-13-3-7-25-14(13)11-22-15(12-2-1-4-18-10-12)19-20-16(22)21-5-8-26(23,24)9-6-21/h1-4,7,10H,5-6,8-9,11H2. The maximum atomic E-state index is 11.8. The number of rotatable bonds is 4. The molecule has 0 aliphatic carbocycles. The van der Waals surface area contributed by atoms with Crippen LogP contribution >= 0.6 is 27.3 Å². The summed E-state index contributed by atoms with van der Waals surface area (Å²) in [7, 11) is -2.95. The lowest BCUT2D eigenvalue weighted by Gasteiger charge is -2.27. The van der Waals surface area contributed by atoms with Gasteiger partial charge in [0.05, 0.1) is 18.1 Å². The molecule has 0 radical (unpaired) electrons. The maximum absolute atomic E-state index is 11.8. The highest BCUT2D eigenvalue weighted by Gasteiger charge is 2.27. The molecule has 10 heteroatoms. The van der Waals surface area contributed by atoms with Gasteiger partial charge in [-0.25, -0.2) is 8.42 Å². The van der Waals surface area contributed by atoms with E-state index in [1.807, 2.05) is 33.0 Å². The van der Waals surface area contributed by atoms with Crippen molar-refractivity contribution < 1.29 is 8.42 Å². The third-order valence-corrected chi connectivity index (χ3v) is 7.79. The second-order valence-electron chi connectivity index (χ2n) is 5.98. The van der Waals surface area contributed by atoms with Crippen LogP contribution in [0.5, 0.6) is 0 Å². The Morgan fingerprint density at radius 2 is 2.00 bits per heavy atom. The topological polar surface area (TPSA) is 81.0 Å². The fourth-order valence-corrected chi connectivity index (χ4v) is 5.54. The van der Waals surface area contributed by atoms with Gasteiger partial charge in [-0.1, -0.05) is 0 Å². The Bertz CT molecular complexity index is 1000. The van der Waals surface area contributed by atoms with Crippen LogP contribution in [0.1, 0.15) is 4.88 Å². The van der Waals surface area contributed by atoms with Crippen molar-refractivity contribution in [2.24, 2.45) is 0 Å². The number of thiophene rings is 1. The van der Waals surface area contributed by atoms with E-state index in [1.54, 1.807) is 23.7 Å². The highest BCUT2D eigenvalue weighted by molar-refractivity contribution is 9.10. The van der Waals surface area contributed by atoms with Crippen molar-refractivity contribution in [3.63, 3.8) is 0 Å². The molecule has 1 aliphatic heterocycles. The second-order valence-corrected chi connectivity index (χ2v) is 10.1. The molecule has 1 aliphatic rings. The first-order chi connectivity index (χ1) is 12.5. The summed E-state index contributed by atoms with van der Waals surface area (Å²) < 4.78 is 26.6. The van der Waals surface area contributed by atoms with Gasteiger partial charge in [0.2, 0.25) is 5.95 Å². The molecule has 0 bridgehead atoms. The van der Waals surface area contributed by atoms with Crippen LogP contribution in [-0.2, 0) is 16.4 Å². The molecule has 0 aromatic carbocycles. The Morgan fingerprint density at radius 3 is 2.65 bits per heavy atom. The van der Waals surface area contributed by atoms with E-state index in [-0.39, 0.29) is 11.5 Å². The molecule has 136 valence electrons. The second kappa shape index (κ2) is 7.09. The van der Waals surface area contributed by atoms with E-state index in [0.717, 1.165) is 20.7 Å². The molecule has 1 fully saturated rings. The zero-order valence-corrected chi connectivity index (χ0v) is 17.0.